The SMILES string of the molecule is CC(C)C(C)CNC(=O)C(C)(C)CCl. The third-order valence-corrected chi connectivity index (χ3v) is 3.34. The molecule has 0 aromatic heterocycles. The molecule has 2 nitrogen and oxygen atoms in total. The van der Waals surface area contributed by atoms with Crippen LogP contribution in [0.3, 0.4) is 0 Å². The minimum absolute atomic E-state index is 0.0417. The Labute approximate surface area is 92.4 Å². The van der Waals surface area contributed by atoms with E-state index in [1.54, 1.807) is 0 Å². The van der Waals surface area contributed by atoms with E-state index in [0.29, 0.717) is 17.7 Å². The summed E-state index contributed by atoms with van der Waals surface area (Å²) in [6, 6.07) is 0. The number of hydrogen-bond donors (Lipinski definition) is 1. The molecule has 0 fully saturated rings. The van der Waals surface area contributed by atoms with Gasteiger partial charge in [0.15, 0.2) is 0 Å². The normalized spacial score (nSPS) is 14.2. The molecule has 0 saturated heterocycles. The summed E-state index contributed by atoms with van der Waals surface area (Å²) in [6.45, 7) is 10.9. The number of halogens is 1. The third-order valence-electron chi connectivity index (χ3n) is 2.67. The first-order chi connectivity index (χ1) is 6.31. The van der Waals surface area contributed by atoms with Crippen molar-refractivity contribution in [3.63, 3.8) is 0 Å². The summed E-state index contributed by atoms with van der Waals surface area (Å²) in [5.74, 6) is 1.49. The van der Waals surface area contributed by atoms with Crippen LogP contribution in [0.2, 0.25) is 0 Å². The van der Waals surface area contributed by atoms with Gasteiger partial charge in [0.05, 0.1) is 5.41 Å². The summed E-state index contributed by atoms with van der Waals surface area (Å²) in [5.41, 5.74) is -0.460. The highest BCUT2D eigenvalue weighted by molar-refractivity contribution is 6.19. The Bertz CT molecular complexity index is 190. The Morgan fingerprint density at radius 3 is 2.21 bits per heavy atom. The maximum Gasteiger partial charge on any atom is 0.226 e. The average Bonchev–Trinajstić information content (AvgIpc) is 2.13. The Hall–Kier alpha value is -0.240. The number of nitrogens with one attached hydrogen (secondary N) is 1. The van der Waals surface area contributed by atoms with Crippen LogP contribution < -0.4 is 5.32 Å². The molecule has 0 aliphatic rings. The van der Waals surface area contributed by atoms with E-state index in [1.165, 1.54) is 0 Å². The molecule has 0 heterocycles. The molecule has 0 spiro atoms. The highest BCUT2D eigenvalue weighted by Gasteiger charge is 2.26. The Morgan fingerprint density at radius 2 is 1.86 bits per heavy atom. The molecule has 0 rings (SSSR count). The minimum atomic E-state index is -0.460. The molecule has 0 bridgehead atoms. The lowest BCUT2D eigenvalue weighted by Crippen LogP contribution is -2.40. The van der Waals surface area contributed by atoms with Crippen LogP contribution in [-0.2, 0) is 4.79 Å². The fourth-order valence-electron chi connectivity index (χ4n) is 0.789. The van der Waals surface area contributed by atoms with Crippen LogP contribution in [0.25, 0.3) is 0 Å². The molecule has 0 radical (unpaired) electrons. The predicted octanol–water partition coefficient (Wildman–Crippen LogP) is 2.66. The molecule has 0 saturated carbocycles. The van der Waals surface area contributed by atoms with Crippen molar-refractivity contribution >= 4 is 17.5 Å². The zero-order valence-corrected chi connectivity index (χ0v) is 10.6. The number of carbonyl (C=O) groups excluding carboxylic acids is 1. The van der Waals surface area contributed by atoms with Crippen molar-refractivity contribution in [2.75, 3.05) is 12.4 Å². The molecular formula is C11H22ClNO. The number of amides is 1. The van der Waals surface area contributed by atoms with E-state index in [1.807, 2.05) is 13.8 Å². The van der Waals surface area contributed by atoms with Crippen molar-refractivity contribution < 1.29 is 4.79 Å². The molecule has 0 aromatic carbocycles. The van der Waals surface area contributed by atoms with E-state index in [2.05, 4.69) is 26.1 Å². The molecule has 14 heavy (non-hydrogen) atoms. The van der Waals surface area contributed by atoms with Gasteiger partial charge in [-0.25, -0.2) is 0 Å². The van der Waals surface area contributed by atoms with E-state index < -0.39 is 5.41 Å². The van der Waals surface area contributed by atoms with Crippen molar-refractivity contribution in [3.05, 3.63) is 0 Å². The van der Waals surface area contributed by atoms with Crippen molar-refractivity contribution in [2.45, 2.75) is 34.6 Å². The molecule has 1 N–H and O–H groups in total. The summed E-state index contributed by atoms with van der Waals surface area (Å²) < 4.78 is 0. The molecule has 0 aromatic rings. The molecule has 1 unspecified atom stereocenters. The zero-order chi connectivity index (χ0) is 11.4. The van der Waals surface area contributed by atoms with E-state index in [-0.39, 0.29) is 5.91 Å². The Morgan fingerprint density at radius 1 is 1.36 bits per heavy atom. The molecule has 0 aliphatic heterocycles. The molecule has 1 atom stereocenters. The van der Waals surface area contributed by atoms with Gasteiger partial charge in [0.25, 0.3) is 0 Å². The van der Waals surface area contributed by atoms with E-state index in [4.69, 9.17) is 11.6 Å². The van der Waals surface area contributed by atoms with Crippen LogP contribution in [-0.4, -0.2) is 18.3 Å². The van der Waals surface area contributed by atoms with Crippen LogP contribution >= 0.6 is 11.6 Å². The zero-order valence-electron chi connectivity index (χ0n) is 9.86. The van der Waals surface area contributed by atoms with Gasteiger partial charge in [-0.05, 0) is 25.7 Å². The predicted molar refractivity (Wildman–Crippen MR) is 61.5 cm³/mol. The van der Waals surface area contributed by atoms with Crippen LogP contribution in [0.1, 0.15) is 34.6 Å². The number of alkyl halides is 1. The number of carbonyl (C=O) groups is 1. The first kappa shape index (κ1) is 13.8. The standard InChI is InChI=1S/C11H22ClNO/c1-8(2)9(3)6-13-10(14)11(4,5)7-12/h8-9H,6-7H2,1-5H3,(H,13,14). The number of rotatable bonds is 5. The van der Waals surface area contributed by atoms with Gasteiger partial charge in [0, 0.05) is 12.4 Å². The largest absolute Gasteiger partial charge is 0.355 e. The highest BCUT2D eigenvalue weighted by atomic mass is 35.5. The summed E-state index contributed by atoms with van der Waals surface area (Å²) >= 11 is 5.71. The molecule has 84 valence electrons. The van der Waals surface area contributed by atoms with Crippen molar-refractivity contribution in [2.24, 2.45) is 17.3 Å². The summed E-state index contributed by atoms with van der Waals surface area (Å²) in [6.07, 6.45) is 0. The van der Waals surface area contributed by atoms with Gasteiger partial charge in [-0.1, -0.05) is 20.8 Å². The van der Waals surface area contributed by atoms with E-state index in [0.717, 1.165) is 6.54 Å². The van der Waals surface area contributed by atoms with Gasteiger partial charge in [0.1, 0.15) is 0 Å². The quantitative estimate of drug-likeness (QED) is 0.708. The number of hydrogen-bond acceptors (Lipinski definition) is 1. The highest BCUT2D eigenvalue weighted by Crippen LogP contribution is 2.17. The summed E-state index contributed by atoms with van der Waals surface area (Å²) in [7, 11) is 0. The summed E-state index contributed by atoms with van der Waals surface area (Å²) in [5, 5.41) is 2.93. The monoisotopic (exact) mass is 219 g/mol. The topological polar surface area (TPSA) is 29.1 Å². The van der Waals surface area contributed by atoms with Gasteiger partial charge in [-0.2, -0.15) is 0 Å². The van der Waals surface area contributed by atoms with Crippen LogP contribution in [0.5, 0.6) is 0 Å². The van der Waals surface area contributed by atoms with E-state index in [9.17, 15) is 4.79 Å². The van der Waals surface area contributed by atoms with Gasteiger partial charge in [-0.3, -0.25) is 4.79 Å². The Balaban J connectivity index is 3.97. The molecule has 1 amide bonds. The maximum atomic E-state index is 11.6. The lowest BCUT2D eigenvalue weighted by molar-refractivity contribution is -0.128. The fraction of sp³-hybridized carbons (Fsp3) is 0.909. The maximum absolute atomic E-state index is 11.6. The minimum Gasteiger partial charge on any atom is -0.355 e. The lowest BCUT2D eigenvalue weighted by atomic mass is 9.93. The van der Waals surface area contributed by atoms with E-state index >= 15 is 0 Å². The average molecular weight is 220 g/mol. The van der Waals surface area contributed by atoms with Gasteiger partial charge < -0.3 is 5.32 Å². The molecule has 3 heteroatoms. The fourth-order valence-corrected chi connectivity index (χ4v) is 0.911. The molecule has 0 aliphatic carbocycles. The third kappa shape index (κ3) is 4.32. The van der Waals surface area contributed by atoms with Crippen molar-refractivity contribution in [3.8, 4) is 0 Å². The second kappa shape index (κ2) is 5.59. The van der Waals surface area contributed by atoms with Gasteiger partial charge in [0.2, 0.25) is 5.91 Å². The van der Waals surface area contributed by atoms with Crippen LogP contribution in [0, 0.1) is 17.3 Å². The Kier molecular flexibility index (Phi) is 5.50. The van der Waals surface area contributed by atoms with Gasteiger partial charge in [-0.15, -0.1) is 11.6 Å². The van der Waals surface area contributed by atoms with Crippen molar-refractivity contribution in [1.82, 2.24) is 5.32 Å². The van der Waals surface area contributed by atoms with Crippen molar-refractivity contribution in [1.29, 1.82) is 0 Å². The second-order valence-corrected chi connectivity index (χ2v) is 5.22. The smallest absolute Gasteiger partial charge is 0.226 e. The summed E-state index contributed by atoms with van der Waals surface area (Å²) in [4.78, 5) is 11.6. The lowest BCUT2D eigenvalue weighted by Gasteiger charge is -2.23. The van der Waals surface area contributed by atoms with Crippen LogP contribution in [0.15, 0.2) is 0 Å². The first-order valence-electron chi connectivity index (χ1n) is 5.15. The van der Waals surface area contributed by atoms with Gasteiger partial charge >= 0.3 is 0 Å². The second-order valence-electron chi connectivity index (χ2n) is 4.95. The first-order valence-corrected chi connectivity index (χ1v) is 5.69. The van der Waals surface area contributed by atoms with Crippen LogP contribution in [0.4, 0.5) is 0 Å². The molecular weight excluding hydrogens is 198 g/mol.